The van der Waals surface area contributed by atoms with E-state index in [1.165, 1.54) is 11.1 Å². The van der Waals surface area contributed by atoms with E-state index in [-0.39, 0.29) is 5.60 Å². The number of hydrogen-bond acceptors (Lipinski definition) is 2. The average molecular weight is 268 g/mol. The number of hydrogen-bond donors (Lipinski definition) is 0. The molecule has 0 aromatic heterocycles. The molecule has 0 radical (unpaired) electrons. The van der Waals surface area contributed by atoms with Gasteiger partial charge >= 0.3 is 0 Å². The number of epoxide rings is 1. The zero-order chi connectivity index (χ0) is 13.7. The summed E-state index contributed by atoms with van der Waals surface area (Å²) in [6.45, 7) is 2.32. The Morgan fingerprint density at radius 2 is 1.60 bits per heavy atom. The third-order valence-electron chi connectivity index (χ3n) is 3.77. The van der Waals surface area contributed by atoms with Gasteiger partial charge in [-0.2, -0.15) is 0 Å². The van der Waals surface area contributed by atoms with Crippen LogP contribution in [-0.2, 0) is 21.7 Å². The van der Waals surface area contributed by atoms with Gasteiger partial charge in [-0.3, -0.25) is 0 Å². The predicted molar refractivity (Wildman–Crippen MR) is 79.4 cm³/mol. The smallest absolute Gasteiger partial charge is 0.117 e. The fourth-order valence-corrected chi connectivity index (χ4v) is 2.51. The van der Waals surface area contributed by atoms with Crippen molar-refractivity contribution in [1.29, 1.82) is 0 Å². The van der Waals surface area contributed by atoms with Gasteiger partial charge in [-0.15, -0.1) is 0 Å². The van der Waals surface area contributed by atoms with Gasteiger partial charge in [0.1, 0.15) is 5.60 Å². The van der Waals surface area contributed by atoms with Crippen LogP contribution in [0, 0.1) is 0 Å². The van der Waals surface area contributed by atoms with E-state index in [1.54, 1.807) is 0 Å². The van der Waals surface area contributed by atoms with E-state index in [1.807, 2.05) is 24.3 Å². The molecule has 0 aliphatic carbocycles. The Balaban J connectivity index is 1.40. The van der Waals surface area contributed by atoms with Crippen LogP contribution < -0.4 is 0 Å². The van der Waals surface area contributed by atoms with Crippen LogP contribution in [-0.4, -0.2) is 13.2 Å². The first-order chi connectivity index (χ1) is 9.89. The molecule has 0 spiro atoms. The van der Waals surface area contributed by atoms with Crippen molar-refractivity contribution in [1.82, 2.24) is 0 Å². The average Bonchev–Trinajstić information content (AvgIpc) is 3.30. The van der Waals surface area contributed by atoms with Gasteiger partial charge in [0.2, 0.25) is 0 Å². The molecule has 1 fully saturated rings. The Labute approximate surface area is 120 Å². The highest BCUT2D eigenvalue weighted by Crippen LogP contribution is 2.42. The van der Waals surface area contributed by atoms with Gasteiger partial charge < -0.3 is 9.47 Å². The quantitative estimate of drug-likeness (QED) is 0.561. The second kappa shape index (κ2) is 6.21. The van der Waals surface area contributed by atoms with Crippen LogP contribution in [0.5, 0.6) is 0 Å². The predicted octanol–water partition coefficient (Wildman–Crippen LogP) is 3.91. The molecule has 0 N–H and O–H groups in total. The summed E-state index contributed by atoms with van der Waals surface area (Å²) in [6.07, 6.45) is 2.06. The van der Waals surface area contributed by atoms with Gasteiger partial charge in [0, 0.05) is 6.61 Å². The van der Waals surface area contributed by atoms with E-state index in [2.05, 4.69) is 36.4 Å². The standard InChI is InChI=1S/C18H20O2/c1-3-8-16(9-4-1)14-19-13-7-12-18(15-20-18)17-10-5-2-6-11-17/h1-6,8-11H,7,12-15H2. The molecule has 0 saturated carbocycles. The first-order valence-electron chi connectivity index (χ1n) is 7.20. The van der Waals surface area contributed by atoms with Gasteiger partial charge in [-0.05, 0) is 24.0 Å². The van der Waals surface area contributed by atoms with Crippen molar-refractivity contribution >= 4 is 0 Å². The van der Waals surface area contributed by atoms with Crippen LogP contribution >= 0.6 is 0 Å². The Morgan fingerprint density at radius 3 is 2.25 bits per heavy atom. The van der Waals surface area contributed by atoms with E-state index in [9.17, 15) is 0 Å². The highest BCUT2D eigenvalue weighted by atomic mass is 16.6. The lowest BCUT2D eigenvalue weighted by molar-refractivity contribution is 0.110. The Kier molecular flexibility index (Phi) is 4.14. The first kappa shape index (κ1) is 13.3. The monoisotopic (exact) mass is 268 g/mol. The summed E-state index contributed by atoms with van der Waals surface area (Å²) in [7, 11) is 0. The van der Waals surface area contributed by atoms with Crippen molar-refractivity contribution < 1.29 is 9.47 Å². The molecule has 2 aromatic carbocycles. The maximum atomic E-state index is 5.72. The second-order valence-corrected chi connectivity index (χ2v) is 5.29. The molecule has 2 aromatic rings. The highest BCUT2D eigenvalue weighted by Gasteiger charge is 2.45. The molecule has 2 heteroatoms. The van der Waals surface area contributed by atoms with Crippen LogP contribution in [0.4, 0.5) is 0 Å². The van der Waals surface area contributed by atoms with Gasteiger partial charge in [0.15, 0.2) is 0 Å². The van der Waals surface area contributed by atoms with Crippen LogP contribution in [0.3, 0.4) is 0 Å². The van der Waals surface area contributed by atoms with Crippen LogP contribution in [0.2, 0.25) is 0 Å². The molecule has 1 saturated heterocycles. The van der Waals surface area contributed by atoms with E-state index in [4.69, 9.17) is 9.47 Å². The van der Waals surface area contributed by atoms with Crippen molar-refractivity contribution in [3.63, 3.8) is 0 Å². The fraction of sp³-hybridized carbons (Fsp3) is 0.333. The normalized spacial score (nSPS) is 20.8. The Morgan fingerprint density at radius 1 is 0.950 bits per heavy atom. The van der Waals surface area contributed by atoms with Crippen LogP contribution in [0.1, 0.15) is 24.0 Å². The molecule has 1 atom stereocenters. The third kappa shape index (κ3) is 3.27. The zero-order valence-corrected chi connectivity index (χ0v) is 11.6. The largest absolute Gasteiger partial charge is 0.377 e. The number of rotatable bonds is 7. The lowest BCUT2D eigenvalue weighted by Gasteiger charge is -2.12. The summed E-state index contributed by atoms with van der Waals surface area (Å²) in [4.78, 5) is 0. The van der Waals surface area contributed by atoms with E-state index in [0.717, 1.165) is 26.1 Å². The third-order valence-corrected chi connectivity index (χ3v) is 3.77. The first-order valence-corrected chi connectivity index (χ1v) is 7.20. The Bertz CT molecular complexity index is 518. The maximum Gasteiger partial charge on any atom is 0.117 e. The molecule has 2 nitrogen and oxygen atoms in total. The molecule has 1 aliphatic heterocycles. The van der Waals surface area contributed by atoms with Crippen molar-refractivity contribution in [3.05, 3.63) is 71.8 Å². The summed E-state index contributed by atoms with van der Waals surface area (Å²) in [5.74, 6) is 0. The molecular weight excluding hydrogens is 248 g/mol. The van der Waals surface area contributed by atoms with Gasteiger partial charge in [0.05, 0.1) is 13.2 Å². The zero-order valence-electron chi connectivity index (χ0n) is 11.6. The topological polar surface area (TPSA) is 21.8 Å². The minimum absolute atomic E-state index is 0.0304. The highest BCUT2D eigenvalue weighted by molar-refractivity contribution is 5.26. The lowest BCUT2D eigenvalue weighted by Crippen LogP contribution is -2.10. The summed E-state index contributed by atoms with van der Waals surface area (Å²) in [5.41, 5.74) is 2.49. The summed E-state index contributed by atoms with van der Waals surface area (Å²) >= 11 is 0. The van der Waals surface area contributed by atoms with Crippen molar-refractivity contribution in [2.24, 2.45) is 0 Å². The van der Waals surface area contributed by atoms with Crippen LogP contribution in [0.15, 0.2) is 60.7 Å². The lowest BCUT2D eigenvalue weighted by atomic mass is 9.95. The minimum atomic E-state index is -0.0304. The summed E-state index contributed by atoms with van der Waals surface area (Å²) in [6, 6.07) is 20.8. The van der Waals surface area contributed by atoms with Gasteiger partial charge in [0.25, 0.3) is 0 Å². The molecule has 1 unspecified atom stereocenters. The number of benzene rings is 2. The molecule has 20 heavy (non-hydrogen) atoms. The van der Waals surface area contributed by atoms with Crippen molar-refractivity contribution in [2.75, 3.05) is 13.2 Å². The van der Waals surface area contributed by atoms with Gasteiger partial charge in [-0.25, -0.2) is 0 Å². The van der Waals surface area contributed by atoms with Crippen molar-refractivity contribution in [3.8, 4) is 0 Å². The summed E-state index contributed by atoms with van der Waals surface area (Å²) < 4.78 is 11.4. The second-order valence-electron chi connectivity index (χ2n) is 5.29. The Hall–Kier alpha value is -1.64. The molecule has 104 valence electrons. The molecule has 1 heterocycles. The molecular formula is C18H20O2. The molecule has 0 bridgehead atoms. The molecule has 1 aliphatic rings. The summed E-state index contributed by atoms with van der Waals surface area (Å²) in [5, 5.41) is 0. The van der Waals surface area contributed by atoms with Gasteiger partial charge in [-0.1, -0.05) is 60.7 Å². The van der Waals surface area contributed by atoms with E-state index < -0.39 is 0 Å². The van der Waals surface area contributed by atoms with E-state index >= 15 is 0 Å². The molecule has 0 amide bonds. The fourth-order valence-electron chi connectivity index (χ4n) is 2.51. The van der Waals surface area contributed by atoms with Crippen LogP contribution in [0.25, 0.3) is 0 Å². The number of ether oxygens (including phenoxy) is 2. The maximum absolute atomic E-state index is 5.72. The minimum Gasteiger partial charge on any atom is -0.377 e. The molecule has 3 rings (SSSR count). The van der Waals surface area contributed by atoms with Crippen molar-refractivity contribution in [2.45, 2.75) is 25.0 Å². The van der Waals surface area contributed by atoms with E-state index in [0.29, 0.717) is 6.61 Å². The SMILES string of the molecule is c1ccc(COCCCC2(c3ccccc3)CO2)cc1.